The van der Waals surface area contributed by atoms with Crippen molar-refractivity contribution >= 4 is 17.3 Å². The lowest BCUT2D eigenvalue weighted by Gasteiger charge is -2.43. The molecular weight excluding hydrogens is 461 g/mol. The van der Waals surface area contributed by atoms with Crippen molar-refractivity contribution in [2.24, 2.45) is 0 Å². The van der Waals surface area contributed by atoms with Crippen LogP contribution in [0.25, 0.3) is 11.1 Å². The van der Waals surface area contributed by atoms with Crippen LogP contribution >= 0.6 is 0 Å². The third kappa shape index (κ3) is 4.59. The van der Waals surface area contributed by atoms with Gasteiger partial charge < -0.3 is 20.1 Å². The second-order valence-electron chi connectivity index (χ2n) is 8.71. The summed E-state index contributed by atoms with van der Waals surface area (Å²) >= 11 is 0. The number of carbonyl (C=O) groups excluding carboxylic acids is 1. The Kier molecular flexibility index (Phi) is 5.94. The van der Waals surface area contributed by atoms with Gasteiger partial charge in [-0.15, -0.1) is 0 Å². The monoisotopic (exact) mass is 484 g/mol. The van der Waals surface area contributed by atoms with Crippen LogP contribution in [0.5, 0.6) is 0 Å². The molecule has 1 amide bonds. The highest BCUT2D eigenvalue weighted by molar-refractivity contribution is 6.04. The van der Waals surface area contributed by atoms with E-state index >= 15 is 0 Å². The summed E-state index contributed by atoms with van der Waals surface area (Å²) in [4.78, 5) is 22.7. The Morgan fingerprint density at radius 3 is 2.83 bits per heavy atom. The van der Waals surface area contributed by atoms with Crippen LogP contribution in [0.4, 0.5) is 24.5 Å². The number of fused-ring (bicyclic) bond motifs is 3. The first-order chi connectivity index (χ1) is 16.7. The Hall–Kier alpha value is -3.50. The van der Waals surface area contributed by atoms with Crippen molar-refractivity contribution in [3.8, 4) is 11.1 Å². The lowest BCUT2D eigenvalue weighted by atomic mass is 9.94. The molecule has 35 heavy (non-hydrogen) atoms. The van der Waals surface area contributed by atoms with Crippen molar-refractivity contribution in [3.63, 3.8) is 0 Å². The van der Waals surface area contributed by atoms with E-state index in [1.165, 1.54) is 6.07 Å². The molecule has 2 atom stereocenters. The fraction of sp³-hybridized carbons (Fsp3) is 0.320. The molecule has 2 N–H and O–H groups in total. The van der Waals surface area contributed by atoms with Gasteiger partial charge in [0, 0.05) is 42.2 Å². The number of hydrogen-bond acceptors (Lipinski definition) is 6. The van der Waals surface area contributed by atoms with Crippen molar-refractivity contribution in [2.45, 2.75) is 31.7 Å². The summed E-state index contributed by atoms with van der Waals surface area (Å²) < 4.78 is 44.5. The van der Waals surface area contributed by atoms with Crippen LogP contribution in [-0.4, -0.2) is 46.8 Å². The second-order valence-corrected chi connectivity index (χ2v) is 8.71. The maximum atomic E-state index is 13.0. The zero-order valence-electron chi connectivity index (χ0n) is 18.8. The van der Waals surface area contributed by atoms with Gasteiger partial charge in [0.2, 0.25) is 0 Å². The molecule has 3 aromatic rings. The number of alkyl halides is 3. The number of halogens is 3. The number of benzene rings is 1. The molecular formula is C25H23F3N4O3. The number of pyridine rings is 2. The number of amides is 1. The second kappa shape index (κ2) is 8.94. The normalized spacial score (nSPS) is 19.6. The Labute approximate surface area is 199 Å². The Morgan fingerprint density at radius 2 is 2.03 bits per heavy atom. The van der Waals surface area contributed by atoms with Gasteiger partial charge in [0.05, 0.1) is 30.6 Å². The van der Waals surface area contributed by atoms with Gasteiger partial charge in [-0.3, -0.25) is 14.8 Å². The molecule has 10 heteroatoms. The number of morpholine rings is 1. The molecule has 0 spiro atoms. The number of nitrogens with one attached hydrogen (secondary N) is 1. The number of aliphatic hydroxyl groups is 1. The first-order valence-electron chi connectivity index (χ1n) is 11.2. The van der Waals surface area contributed by atoms with E-state index in [0.29, 0.717) is 37.6 Å². The van der Waals surface area contributed by atoms with E-state index in [4.69, 9.17) is 4.74 Å². The Morgan fingerprint density at radius 1 is 1.20 bits per heavy atom. The topological polar surface area (TPSA) is 87.6 Å². The summed E-state index contributed by atoms with van der Waals surface area (Å²) in [6.45, 7) is 3.77. The van der Waals surface area contributed by atoms with E-state index in [-0.39, 0.29) is 11.6 Å². The zero-order valence-corrected chi connectivity index (χ0v) is 18.8. The first-order valence-corrected chi connectivity index (χ1v) is 11.2. The zero-order chi connectivity index (χ0) is 24.7. The molecule has 1 fully saturated rings. The molecule has 2 aliphatic heterocycles. The molecule has 0 radical (unpaired) electrons. The molecule has 7 nitrogen and oxygen atoms in total. The molecule has 4 heterocycles. The van der Waals surface area contributed by atoms with Gasteiger partial charge in [-0.1, -0.05) is 6.07 Å². The van der Waals surface area contributed by atoms with Crippen molar-refractivity contribution < 1.29 is 27.8 Å². The molecule has 2 aliphatic rings. The van der Waals surface area contributed by atoms with Gasteiger partial charge in [0.25, 0.3) is 5.91 Å². The highest BCUT2D eigenvalue weighted by atomic mass is 19.4. The summed E-state index contributed by atoms with van der Waals surface area (Å²) in [5, 5.41) is 13.2. The highest BCUT2D eigenvalue weighted by Gasteiger charge is 2.35. The van der Waals surface area contributed by atoms with Crippen molar-refractivity contribution in [1.29, 1.82) is 0 Å². The molecule has 1 saturated heterocycles. The molecule has 0 bridgehead atoms. The predicted molar refractivity (Wildman–Crippen MR) is 123 cm³/mol. The van der Waals surface area contributed by atoms with Gasteiger partial charge in [0.15, 0.2) is 0 Å². The smallest absolute Gasteiger partial charge is 0.387 e. The van der Waals surface area contributed by atoms with E-state index < -0.39 is 23.9 Å². The molecule has 182 valence electrons. The van der Waals surface area contributed by atoms with Crippen molar-refractivity contribution in [1.82, 2.24) is 9.97 Å². The van der Waals surface area contributed by atoms with E-state index in [9.17, 15) is 23.1 Å². The average molecular weight is 484 g/mol. The van der Waals surface area contributed by atoms with Crippen LogP contribution in [-0.2, 0) is 10.9 Å². The van der Waals surface area contributed by atoms with Crippen LogP contribution in [0.2, 0.25) is 0 Å². The van der Waals surface area contributed by atoms with Crippen molar-refractivity contribution in [2.75, 3.05) is 30.0 Å². The van der Waals surface area contributed by atoms with Crippen LogP contribution < -0.4 is 10.2 Å². The standard InChI is InChI=1S/C25H23F3N4O3/c1-14-2-3-17(31-24(34)15-4-5-29-22(9-15)25(26,27)28)10-19(14)16-8-20-23(30-12-16)21(33)11-18-13-35-7-6-32(18)20/h2-5,8-10,12,18,21,33H,6-7,11,13H2,1H3,(H,31,34)/t18-,21-/m1/s1. The molecule has 0 unspecified atom stereocenters. The van der Waals surface area contributed by atoms with E-state index in [0.717, 1.165) is 34.6 Å². The van der Waals surface area contributed by atoms with Crippen LogP contribution in [0.1, 0.15) is 39.8 Å². The maximum Gasteiger partial charge on any atom is 0.433 e. The number of aliphatic hydroxyl groups excluding tert-OH is 1. The Balaban J connectivity index is 1.44. The average Bonchev–Trinajstić information content (AvgIpc) is 2.84. The lowest BCUT2D eigenvalue weighted by molar-refractivity contribution is -0.141. The number of ether oxygens (including phenoxy) is 1. The van der Waals surface area contributed by atoms with Gasteiger partial charge in [-0.2, -0.15) is 13.2 Å². The minimum absolute atomic E-state index is 0.0805. The minimum atomic E-state index is -4.64. The van der Waals surface area contributed by atoms with Crippen LogP contribution in [0, 0.1) is 6.92 Å². The van der Waals surface area contributed by atoms with E-state index in [2.05, 4.69) is 20.2 Å². The third-order valence-corrected chi connectivity index (χ3v) is 6.36. The fourth-order valence-corrected chi connectivity index (χ4v) is 4.58. The number of hydrogen-bond donors (Lipinski definition) is 2. The number of anilines is 2. The highest BCUT2D eigenvalue weighted by Crippen LogP contribution is 2.39. The van der Waals surface area contributed by atoms with Gasteiger partial charge in [0.1, 0.15) is 11.8 Å². The van der Waals surface area contributed by atoms with Crippen LogP contribution in [0.3, 0.4) is 0 Å². The largest absolute Gasteiger partial charge is 0.433 e. The molecule has 0 saturated carbocycles. The molecule has 2 aromatic heterocycles. The summed E-state index contributed by atoms with van der Waals surface area (Å²) in [6.07, 6.45) is -2.10. The summed E-state index contributed by atoms with van der Waals surface area (Å²) in [5.74, 6) is -0.671. The molecule has 5 rings (SSSR count). The summed E-state index contributed by atoms with van der Waals surface area (Å²) in [6, 6.07) is 9.30. The summed E-state index contributed by atoms with van der Waals surface area (Å²) in [7, 11) is 0. The number of carbonyl (C=O) groups is 1. The quantitative estimate of drug-likeness (QED) is 0.574. The van der Waals surface area contributed by atoms with Crippen molar-refractivity contribution in [3.05, 3.63) is 71.3 Å². The van der Waals surface area contributed by atoms with Gasteiger partial charge >= 0.3 is 6.18 Å². The third-order valence-electron chi connectivity index (χ3n) is 6.36. The van der Waals surface area contributed by atoms with E-state index in [1.54, 1.807) is 18.3 Å². The first kappa shape index (κ1) is 23.3. The van der Waals surface area contributed by atoms with Gasteiger partial charge in [-0.05, 0) is 48.4 Å². The maximum absolute atomic E-state index is 13.0. The number of rotatable bonds is 3. The summed E-state index contributed by atoms with van der Waals surface area (Å²) in [5.41, 5.74) is 3.21. The Bertz CT molecular complexity index is 1280. The minimum Gasteiger partial charge on any atom is -0.387 e. The number of nitrogens with zero attached hydrogens (tertiary/aromatic N) is 3. The fourth-order valence-electron chi connectivity index (χ4n) is 4.58. The lowest BCUT2D eigenvalue weighted by Crippen LogP contribution is -2.49. The van der Waals surface area contributed by atoms with E-state index in [1.807, 2.05) is 19.1 Å². The number of aromatic nitrogens is 2. The van der Waals surface area contributed by atoms with Gasteiger partial charge in [-0.25, -0.2) is 0 Å². The number of aryl methyl sites for hydroxylation is 1. The van der Waals surface area contributed by atoms with Crippen LogP contribution in [0.15, 0.2) is 48.8 Å². The molecule has 1 aromatic carbocycles. The SMILES string of the molecule is Cc1ccc(NC(=O)c2ccnc(C(F)(F)F)c2)cc1-c1cnc2c(c1)N1CCOC[C@H]1C[C@H]2O. The predicted octanol–water partition coefficient (Wildman–Crippen LogP) is 4.37. The molecule has 0 aliphatic carbocycles.